The summed E-state index contributed by atoms with van der Waals surface area (Å²) in [6.45, 7) is 7.74. The fraction of sp³-hybridized carbons (Fsp3) is 0.786. The molecule has 19 heavy (non-hydrogen) atoms. The van der Waals surface area contributed by atoms with Crippen LogP contribution in [0.2, 0.25) is 0 Å². The van der Waals surface area contributed by atoms with Gasteiger partial charge in [0.15, 0.2) is 0 Å². The first-order chi connectivity index (χ1) is 9.06. The molecular formula is C14H23BrN2O2. The summed E-state index contributed by atoms with van der Waals surface area (Å²) in [7, 11) is 0. The van der Waals surface area contributed by atoms with Crippen LogP contribution in [0.3, 0.4) is 0 Å². The molecule has 1 aliphatic heterocycles. The summed E-state index contributed by atoms with van der Waals surface area (Å²) >= 11 is 3.63. The van der Waals surface area contributed by atoms with Crippen molar-refractivity contribution in [1.82, 2.24) is 9.78 Å². The van der Waals surface area contributed by atoms with Gasteiger partial charge in [0.2, 0.25) is 0 Å². The first-order valence-corrected chi connectivity index (χ1v) is 7.89. The van der Waals surface area contributed by atoms with Crippen molar-refractivity contribution in [2.45, 2.75) is 58.8 Å². The fourth-order valence-electron chi connectivity index (χ4n) is 2.70. The molecular weight excluding hydrogens is 308 g/mol. The number of ether oxygens (including phenoxy) is 1. The number of hydrogen-bond donors (Lipinski definition) is 1. The molecule has 1 fully saturated rings. The van der Waals surface area contributed by atoms with E-state index in [9.17, 15) is 5.11 Å². The molecule has 4 nitrogen and oxygen atoms in total. The Morgan fingerprint density at radius 3 is 2.79 bits per heavy atom. The lowest BCUT2D eigenvalue weighted by molar-refractivity contribution is 0.0794. The summed E-state index contributed by atoms with van der Waals surface area (Å²) in [4.78, 5) is 0. The van der Waals surface area contributed by atoms with Crippen molar-refractivity contribution in [3.63, 3.8) is 0 Å². The topological polar surface area (TPSA) is 47.3 Å². The van der Waals surface area contributed by atoms with Crippen LogP contribution in [0.25, 0.3) is 0 Å². The van der Waals surface area contributed by atoms with Gasteiger partial charge in [-0.3, -0.25) is 4.68 Å². The summed E-state index contributed by atoms with van der Waals surface area (Å²) < 4.78 is 8.59. The van der Waals surface area contributed by atoms with E-state index in [0.29, 0.717) is 13.0 Å². The molecule has 3 atom stereocenters. The second-order valence-electron chi connectivity index (χ2n) is 5.29. The maximum Gasteiger partial charge on any atom is 0.0766 e. The SMILES string of the molecule is CCc1nn(CC)c(CC(O)C2COC(C)C2)c1Br. The van der Waals surface area contributed by atoms with E-state index in [1.54, 1.807) is 0 Å². The normalized spacial score (nSPS) is 24.9. The Morgan fingerprint density at radius 1 is 1.53 bits per heavy atom. The Morgan fingerprint density at radius 2 is 2.26 bits per heavy atom. The highest BCUT2D eigenvalue weighted by Gasteiger charge is 2.30. The molecule has 1 saturated heterocycles. The van der Waals surface area contributed by atoms with Gasteiger partial charge in [-0.05, 0) is 42.6 Å². The number of hydrogen-bond acceptors (Lipinski definition) is 3. The van der Waals surface area contributed by atoms with Crippen LogP contribution >= 0.6 is 15.9 Å². The van der Waals surface area contributed by atoms with Gasteiger partial charge < -0.3 is 9.84 Å². The quantitative estimate of drug-likeness (QED) is 0.902. The van der Waals surface area contributed by atoms with E-state index in [1.807, 2.05) is 4.68 Å². The van der Waals surface area contributed by atoms with Gasteiger partial charge in [0, 0.05) is 18.9 Å². The average Bonchev–Trinajstić information content (AvgIpc) is 2.95. The number of aliphatic hydroxyl groups excluding tert-OH is 1. The zero-order valence-electron chi connectivity index (χ0n) is 11.9. The molecule has 0 amide bonds. The Hall–Kier alpha value is -0.390. The summed E-state index contributed by atoms with van der Waals surface area (Å²) in [6.07, 6.45) is 2.40. The van der Waals surface area contributed by atoms with E-state index in [-0.39, 0.29) is 18.1 Å². The third-order valence-corrected chi connectivity index (χ3v) is 4.79. The van der Waals surface area contributed by atoms with Crippen molar-refractivity contribution in [3.8, 4) is 0 Å². The molecule has 0 aliphatic carbocycles. The third kappa shape index (κ3) is 3.20. The van der Waals surface area contributed by atoms with Crippen molar-refractivity contribution in [1.29, 1.82) is 0 Å². The van der Waals surface area contributed by atoms with E-state index in [2.05, 4.69) is 41.8 Å². The molecule has 5 heteroatoms. The maximum absolute atomic E-state index is 10.4. The van der Waals surface area contributed by atoms with Gasteiger partial charge in [-0.2, -0.15) is 5.10 Å². The van der Waals surface area contributed by atoms with Gasteiger partial charge in [-0.15, -0.1) is 0 Å². The molecule has 0 radical (unpaired) electrons. The van der Waals surface area contributed by atoms with Crippen molar-refractivity contribution in [2.75, 3.05) is 6.61 Å². The predicted octanol–water partition coefficient (Wildman–Crippen LogP) is 2.56. The number of aliphatic hydroxyl groups is 1. The number of aromatic nitrogens is 2. The first-order valence-electron chi connectivity index (χ1n) is 7.10. The molecule has 2 rings (SSSR count). The molecule has 2 heterocycles. The molecule has 1 N–H and O–H groups in total. The predicted molar refractivity (Wildman–Crippen MR) is 78.2 cm³/mol. The average molecular weight is 331 g/mol. The van der Waals surface area contributed by atoms with Gasteiger partial charge in [0.25, 0.3) is 0 Å². The molecule has 1 aromatic rings. The van der Waals surface area contributed by atoms with Crippen molar-refractivity contribution < 1.29 is 9.84 Å². The molecule has 0 saturated carbocycles. The van der Waals surface area contributed by atoms with Gasteiger partial charge in [0.05, 0.1) is 34.7 Å². The van der Waals surface area contributed by atoms with E-state index < -0.39 is 0 Å². The van der Waals surface area contributed by atoms with Crippen LogP contribution in [0.15, 0.2) is 4.47 Å². The van der Waals surface area contributed by atoms with Gasteiger partial charge in [-0.25, -0.2) is 0 Å². The van der Waals surface area contributed by atoms with Gasteiger partial charge >= 0.3 is 0 Å². The van der Waals surface area contributed by atoms with Crippen molar-refractivity contribution >= 4 is 15.9 Å². The summed E-state index contributed by atoms with van der Waals surface area (Å²) in [5.74, 6) is 0.243. The number of halogens is 1. The van der Waals surface area contributed by atoms with Crippen LogP contribution in [-0.4, -0.2) is 33.7 Å². The minimum Gasteiger partial charge on any atom is -0.392 e. The zero-order chi connectivity index (χ0) is 14.0. The second kappa shape index (κ2) is 6.37. The molecule has 0 bridgehead atoms. The van der Waals surface area contributed by atoms with E-state index in [0.717, 1.165) is 35.2 Å². The summed E-state index contributed by atoms with van der Waals surface area (Å²) in [5.41, 5.74) is 2.17. The zero-order valence-corrected chi connectivity index (χ0v) is 13.5. The highest BCUT2D eigenvalue weighted by Crippen LogP contribution is 2.28. The first kappa shape index (κ1) is 15.0. The lowest BCUT2D eigenvalue weighted by Crippen LogP contribution is -2.24. The standard InChI is InChI=1S/C14H23BrN2O2/c1-4-11-14(15)12(17(5-2)16-11)7-13(18)10-6-9(3)19-8-10/h9-10,13,18H,4-8H2,1-3H3. The lowest BCUT2D eigenvalue weighted by atomic mass is 9.96. The summed E-state index contributed by atoms with van der Waals surface area (Å²) in [5, 5.41) is 15.0. The molecule has 3 unspecified atom stereocenters. The van der Waals surface area contributed by atoms with Gasteiger partial charge in [-0.1, -0.05) is 6.92 Å². The largest absolute Gasteiger partial charge is 0.392 e. The minimum atomic E-state index is -0.354. The lowest BCUT2D eigenvalue weighted by Gasteiger charge is -2.17. The Kier molecular flexibility index (Phi) is 5.03. The van der Waals surface area contributed by atoms with Crippen LogP contribution in [-0.2, 0) is 24.1 Å². The monoisotopic (exact) mass is 330 g/mol. The van der Waals surface area contributed by atoms with Crippen LogP contribution in [0.4, 0.5) is 0 Å². The molecule has 1 aliphatic rings. The smallest absolute Gasteiger partial charge is 0.0766 e. The van der Waals surface area contributed by atoms with Gasteiger partial charge in [0.1, 0.15) is 0 Å². The second-order valence-corrected chi connectivity index (χ2v) is 6.08. The molecule has 108 valence electrons. The Bertz CT molecular complexity index is 433. The third-order valence-electron chi connectivity index (χ3n) is 3.87. The van der Waals surface area contributed by atoms with E-state index in [1.165, 1.54) is 0 Å². The Balaban J connectivity index is 2.11. The van der Waals surface area contributed by atoms with Crippen LogP contribution in [0, 0.1) is 5.92 Å². The minimum absolute atomic E-state index is 0.243. The highest BCUT2D eigenvalue weighted by atomic mass is 79.9. The number of nitrogens with zero attached hydrogens (tertiary/aromatic N) is 2. The molecule has 0 aromatic carbocycles. The summed E-state index contributed by atoms with van der Waals surface area (Å²) in [6, 6.07) is 0. The van der Waals surface area contributed by atoms with Crippen molar-refractivity contribution in [2.24, 2.45) is 5.92 Å². The van der Waals surface area contributed by atoms with E-state index in [4.69, 9.17) is 4.74 Å². The molecule has 1 aromatic heterocycles. The van der Waals surface area contributed by atoms with Crippen LogP contribution in [0.1, 0.15) is 38.6 Å². The van der Waals surface area contributed by atoms with Crippen LogP contribution in [0.5, 0.6) is 0 Å². The fourth-order valence-corrected chi connectivity index (χ4v) is 3.42. The number of rotatable bonds is 5. The Labute approximate surface area is 123 Å². The molecule has 0 spiro atoms. The van der Waals surface area contributed by atoms with Crippen LogP contribution < -0.4 is 0 Å². The van der Waals surface area contributed by atoms with E-state index >= 15 is 0 Å². The highest BCUT2D eigenvalue weighted by molar-refractivity contribution is 9.10. The maximum atomic E-state index is 10.4. The van der Waals surface area contributed by atoms with Crippen molar-refractivity contribution in [3.05, 3.63) is 15.9 Å². The number of aryl methyl sites for hydroxylation is 2.